The molecule has 2 aromatic heterocycles. The fourth-order valence-electron chi connectivity index (χ4n) is 2.40. The van der Waals surface area contributed by atoms with E-state index in [2.05, 4.69) is 32.5 Å². The van der Waals surface area contributed by atoms with Gasteiger partial charge in [0.25, 0.3) is 0 Å². The second kappa shape index (κ2) is 5.46. The van der Waals surface area contributed by atoms with Crippen LogP contribution in [0.2, 0.25) is 0 Å². The molecule has 1 atom stereocenters. The van der Waals surface area contributed by atoms with Gasteiger partial charge in [0, 0.05) is 31.2 Å². The second-order valence-corrected chi connectivity index (χ2v) is 6.70. The zero-order chi connectivity index (χ0) is 13.2. The first-order valence-corrected chi connectivity index (χ1v) is 8.33. The van der Waals surface area contributed by atoms with Crippen molar-refractivity contribution in [3.63, 3.8) is 0 Å². The predicted octanol–water partition coefficient (Wildman–Crippen LogP) is 3.69. The van der Waals surface area contributed by atoms with Crippen molar-refractivity contribution in [3.05, 3.63) is 11.6 Å². The molecule has 0 spiro atoms. The molecule has 0 bridgehead atoms. The molecule has 3 rings (SSSR count). The minimum Gasteiger partial charge on any atom is -0.365 e. The molecule has 1 aliphatic rings. The van der Waals surface area contributed by atoms with Crippen molar-refractivity contribution in [2.24, 2.45) is 0 Å². The molecule has 0 saturated carbocycles. The normalized spacial score (nSPS) is 19.7. The molecular weight excluding hydrogens is 276 g/mol. The van der Waals surface area contributed by atoms with E-state index in [4.69, 9.17) is 0 Å². The van der Waals surface area contributed by atoms with Gasteiger partial charge in [-0.3, -0.25) is 0 Å². The van der Waals surface area contributed by atoms with Crippen LogP contribution >= 0.6 is 22.7 Å². The second-order valence-electron chi connectivity index (χ2n) is 4.83. The molecule has 0 aromatic carbocycles. The van der Waals surface area contributed by atoms with Crippen LogP contribution in [-0.4, -0.2) is 29.6 Å². The van der Waals surface area contributed by atoms with Crippen molar-refractivity contribution in [3.8, 4) is 10.6 Å². The Morgan fingerprint density at radius 2 is 2.32 bits per heavy atom. The highest BCUT2D eigenvalue weighted by Gasteiger charge is 2.21. The summed E-state index contributed by atoms with van der Waals surface area (Å²) in [5.74, 6) is 0. The van der Waals surface area contributed by atoms with E-state index in [9.17, 15) is 0 Å². The zero-order valence-electron chi connectivity index (χ0n) is 11.2. The van der Waals surface area contributed by atoms with Crippen molar-refractivity contribution in [1.82, 2.24) is 9.97 Å². The van der Waals surface area contributed by atoms with Crippen molar-refractivity contribution in [1.29, 1.82) is 0 Å². The molecule has 0 radical (unpaired) electrons. The molecule has 0 amide bonds. The monoisotopic (exact) mass is 294 g/mol. The Hall–Kier alpha value is -1.14. The average molecular weight is 294 g/mol. The first-order valence-electron chi connectivity index (χ1n) is 6.64. The van der Waals surface area contributed by atoms with E-state index in [1.807, 2.05) is 13.2 Å². The van der Waals surface area contributed by atoms with Gasteiger partial charge in [0.2, 0.25) is 0 Å². The number of hydrogen-bond acceptors (Lipinski definition) is 6. The van der Waals surface area contributed by atoms with Crippen molar-refractivity contribution in [2.75, 3.05) is 23.8 Å². The molecule has 19 heavy (non-hydrogen) atoms. The third-order valence-corrected chi connectivity index (χ3v) is 5.43. The number of hydrogen-bond donors (Lipinski definition) is 1. The number of nitrogens with zero attached hydrogens (tertiary/aromatic N) is 3. The Bertz CT molecular complexity index is 548. The third-order valence-electron chi connectivity index (χ3n) is 3.51. The van der Waals surface area contributed by atoms with E-state index in [1.165, 1.54) is 19.3 Å². The smallest absolute Gasteiger partial charge is 0.186 e. The van der Waals surface area contributed by atoms with Gasteiger partial charge < -0.3 is 10.2 Å². The molecule has 4 nitrogen and oxygen atoms in total. The van der Waals surface area contributed by atoms with Gasteiger partial charge in [0.1, 0.15) is 0 Å². The quantitative estimate of drug-likeness (QED) is 0.937. The van der Waals surface area contributed by atoms with Gasteiger partial charge in [0.15, 0.2) is 10.3 Å². The van der Waals surface area contributed by atoms with Crippen LogP contribution in [0, 0.1) is 0 Å². The largest absolute Gasteiger partial charge is 0.365 e. The van der Waals surface area contributed by atoms with E-state index in [0.29, 0.717) is 6.04 Å². The molecule has 3 heterocycles. The first kappa shape index (κ1) is 12.9. The summed E-state index contributed by atoms with van der Waals surface area (Å²) in [5, 5.41) is 7.26. The molecule has 1 N–H and O–H groups in total. The van der Waals surface area contributed by atoms with E-state index < -0.39 is 0 Å². The predicted molar refractivity (Wildman–Crippen MR) is 83.4 cm³/mol. The van der Waals surface area contributed by atoms with Gasteiger partial charge in [-0.25, -0.2) is 9.97 Å². The van der Waals surface area contributed by atoms with Gasteiger partial charge in [-0.15, -0.1) is 11.3 Å². The van der Waals surface area contributed by atoms with Gasteiger partial charge in [-0.1, -0.05) is 11.3 Å². The van der Waals surface area contributed by atoms with E-state index >= 15 is 0 Å². The van der Waals surface area contributed by atoms with Gasteiger partial charge in [-0.05, 0) is 26.2 Å². The Balaban J connectivity index is 1.82. The van der Waals surface area contributed by atoms with Crippen molar-refractivity contribution < 1.29 is 0 Å². The number of piperidine rings is 1. The van der Waals surface area contributed by atoms with Crippen LogP contribution in [0.3, 0.4) is 0 Å². The summed E-state index contributed by atoms with van der Waals surface area (Å²) >= 11 is 3.38. The standard InChI is InChI=1S/C13H18N4S2/c1-9-5-3-4-6-17(9)13-15-7-11(19-13)10-8-18-12(14-2)16-10/h7-9H,3-6H2,1-2H3,(H,14,16). The first-order chi connectivity index (χ1) is 9.28. The summed E-state index contributed by atoms with van der Waals surface area (Å²) < 4.78 is 0. The highest BCUT2D eigenvalue weighted by molar-refractivity contribution is 7.19. The molecule has 1 aliphatic heterocycles. The summed E-state index contributed by atoms with van der Waals surface area (Å²) in [5.41, 5.74) is 1.03. The summed E-state index contributed by atoms with van der Waals surface area (Å²) in [6, 6.07) is 0.607. The van der Waals surface area contributed by atoms with Gasteiger partial charge in [-0.2, -0.15) is 0 Å². The minimum absolute atomic E-state index is 0.607. The molecule has 1 unspecified atom stereocenters. The lowest BCUT2D eigenvalue weighted by molar-refractivity contribution is 0.484. The van der Waals surface area contributed by atoms with Crippen LogP contribution < -0.4 is 10.2 Å². The molecule has 102 valence electrons. The summed E-state index contributed by atoms with van der Waals surface area (Å²) in [4.78, 5) is 12.7. The van der Waals surface area contributed by atoms with Crippen molar-refractivity contribution in [2.45, 2.75) is 32.2 Å². The third kappa shape index (κ3) is 2.60. The van der Waals surface area contributed by atoms with E-state index in [0.717, 1.165) is 27.4 Å². The Morgan fingerprint density at radius 3 is 3.05 bits per heavy atom. The highest BCUT2D eigenvalue weighted by Crippen LogP contribution is 2.35. The lowest BCUT2D eigenvalue weighted by Crippen LogP contribution is -2.37. The van der Waals surface area contributed by atoms with Crippen LogP contribution in [0.1, 0.15) is 26.2 Å². The number of nitrogens with one attached hydrogen (secondary N) is 1. The van der Waals surface area contributed by atoms with Crippen LogP contribution in [0.15, 0.2) is 11.6 Å². The molecule has 6 heteroatoms. The Labute approximate surface area is 121 Å². The fourth-order valence-corrected chi connectivity index (χ4v) is 4.15. The van der Waals surface area contributed by atoms with Crippen LogP contribution in [0.25, 0.3) is 10.6 Å². The molecular formula is C13H18N4S2. The SMILES string of the molecule is CNc1nc(-c2cnc(N3CCCCC3C)s2)cs1. The number of rotatable bonds is 3. The zero-order valence-corrected chi connectivity index (χ0v) is 12.9. The molecule has 0 aliphatic carbocycles. The maximum absolute atomic E-state index is 4.59. The van der Waals surface area contributed by atoms with E-state index in [-0.39, 0.29) is 0 Å². The highest BCUT2D eigenvalue weighted by atomic mass is 32.1. The average Bonchev–Trinajstić information content (AvgIpc) is 3.08. The van der Waals surface area contributed by atoms with Crippen LogP contribution in [0.5, 0.6) is 0 Å². The molecule has 1 saturated heterocycles. The van der Waals surface area contributed by atoms with Crippen LogP contribution in [0.4, 0.5) is 10.3 Å². The lowest BCUT2D eigenvalue weighted by atomic mass is 10.1. The Morgan fingerprint density at radius 1 is 1.42 bits per heavy atom. The molecule has 1 fully saturated rings. The lowest BCUT2D eigenvalue weighted by Gasteiger charge is -2.32. The van der Waals surface area contributed by atoms with Crippen LogP contribution in [-0.2, 0) is 0 Å². The summed E-state index contributed by atoms with van der Waals surface area (Å²) in [6.07, 6.45) is 5.85. The summed E-state index contributed by atoms with van der Waals surface area (Å²) in [6.45, 7) is 3.43. The number of anilines is 2. The van der Waals surface area contributed by atoms with Gasteiger partial charge >= 0.3 is 0 Å². The topological polar surface area (TPSA) is 41.1 Å². The van der Waals surface area contributed by atoms with Gasteiger partial charge in [0.05, 0.1) is 10.6 Å². The fraction of sp³-hybridized carbons (Fsp3) is 0.538. The maximum Gasteiger partial charge on any atom is 0.186 e. The maximum atomic E-state index is 4.59. The minimum atomic E-state index is 0.607. The summed E-state index contributed by atoms with van der Waals surface area (Å²) in [7, 11) is 1.90. The molecule has 2 aromatic rings. The number of thiazole rings is 2. The number of aromatic nitrogens is 2. The Kier molecular flexibility index (Phi) is 3.70. The van der Waals surface area contributed by atoms with E-state index in [1.54, 1.807) is 22.7 Å². The van der Waals surface area contributed by atoms with Crippen molar-refractivity contribution >= 4 is 32.9 Å².